The molecule has 6 heteroatoms. The lowest BCUT2D eigenvalue weighted by atomic mass is 9.94. The van der Waals surface area contributed by atoms with Crippen molar-refractivity contribution >= 4 is 11.9 Å². The Kier molecular flexibility index (Phi) is 5.12. The molecule has 0 spiro atoms. The minimum Gasteiger partial charge on any atom is -0.481 e. The smallest absolute Gasteiger partial charge is 0.308 e. The minimum atomic E-state index is -0.963. The number of nitrogens with zero attached hydrogens (tertiary/aromatic N) is 2. The summed E-state index contributed by atoms with van der Waals surface area (Å²) in [6.07, 6.45) is 5.17. The van der Waals surface area contributed by atoms with E-state index in [9.17, 15) is 14.7 Å². The van der Waals surface area contributed by atoms with Gasteiger partial charge in [-0.05, 0) is 36.8 Å². The third-order valence-corrected chi connectivity index (χ3v) is 4.27. The van der Waals surface area contributed by atoms with Crippen molar-refractivity contribution in [2.75, 3.05) is 0 Å². The number of hydrogen-bond donors (Lipinski definition) is 2. The van der Waals surface area contributed by atoms with E-state index in [-0.39, 0.29) is 5.91 Å². The van der Waals surface area contributed by atoms with Crippen LogP contribution in [0.15, 0.2) is 73.3 Å². The lowest BCUT2D eigenvalue weighted by molar-refractivity contribution is -0.142. The Morgan fingerprint density at radius 2 is 1.77 bits per heavy atom. The number of amides is 1. The number of carboxylic acids is 1. The summed E-state index contributed by atoms with van der Waals surface area (Å²) >= 11 is 0. The van der Waals surface area contributed by atoms with Crippen molar-refractivity contribution in [3.63, 3.8) is 0 Å². The number of rotatable bonds is 6. The van der Waals surface area contributed by atoms with Gasteiger partial charge < -0.3 is 15.0 Å². The molecule has 2 aromatic carbocycles. The number of carbonyl (C=O) groups is 2. The lowest BCUT2D eigenvalue weighted by Crippen LogP contribution is -2.35. The van der Waals surface area contributed by atoms with Gasteiger partial charge in [0.05, 0.1) is 18.3 Å². The maximum absolute atomic E-state index is 12.6. The largest absolute Gasteiger partial charge is 0.481 e. The van der Waals surface area contributed by atoms with Gasteiger partial charge in [0.1, 0.15) is 0 Å². The fourth-order valence-corrected chi connectivity index (χ4v) is 2.72. The quantitative estimate of drug-likeness (QED) is 0.716. The van der Waals surface area contributed by atoms with Crippen LogP contribution in [0.3, 0.4) is 0 Å². The summed E-state index contributed by atoms with van der Waals surface area (Å²) in [6, 6.07) is 15.5. The van der Waals surface area contributed by atoms with Crippen LogP contribution in [0.1, 0.15) is 28.9 Å². The van der Waals surface area contributed by atoms with Crippen molar-refractivity contribution in [2.45, 2.75) is 13.0 Å². The van der Waals surface area contributed by atoms with E-state index in [0.717, 1.165) is 11.3 Å². The van der Waals surface area contributed by atoms with E-state index >= 15 is 0 Å². The number of benzene rings is 2. The molecule has 3 rings (SSSR count). The summed E-state index contributed by atoms with van der Waals surface area (Å²) in [5.41, 5.74) is 2.11. The predicted octanol–water partition coefficient (Wildman–Crippen LogP) is 3.06. The highest BCUT2D eigenvalue weighted by atomic mass is 16.4. The maximum atomic E-state index is 12.6. The molecule has 132 valence electrons. The highest BCUT2D eigenvalue weighted by Gasteiger charge is 2.27. The second-order valence-corrected chi connectivity index (χ2v) is 6.01. The van der Waals surface area contributed by atoms with Gasteiger partial charge in [0.2, 0.25) is 0 Å². The fraction of sp³-hybridized carbons (Fsp3) is 0.150. The highest BCUT2D eigenvalue weighted by Crippen LogP contribution is 2.23. The first-order valence-electron chi connectivity index (χ1n) is 8.23. The normalized spacial score (nSPS) is 13.0. The van der Waals surface area contributed by atoms with Gasteiger partial charge in [-0.3, -0.25) is 9.59 Å². The number of hydrogen-bond acceptors (Lipinski definition) is 3. The van der Waals surface area contributed by atoms with E-state index in [1.54, 1.807) is 31.6 Å². The second kappa shape index (κ2) is 7.65. The first kappa shape index (κ1) is 17.4. The van der Waals surface area contributed by atoms with Gasteiger partial charge in [-0.1, -0.05) is 30.3 Å². The zero-order valence-electron chi connectivity index (χ0n) is 14.2. The Bertz CT molecular complexity index is 874. The number of nitrogens with one attached hydrogen (secondary N) is 1. The van der Waals surface area contributed by atoms with Crippen LogP contribution in [0.5, 0.6) is 0 Å². The first-order valence-corrected chi connectivity index (χ1v) is 8.23. The molecule has 1 amide bonds. The Balaban J connectivity index is 1.80. The first-order chi connectivity index (χ1) is 12.6. The number of aliphatic carboxylic acids is 1. The van der Waals surface area contributed by atoms with Crippen LogP contribution in [0, 0.1) is 5.92 Å². The highest BCUT2D eigenvalue weighted by molar-refractivity contribution is 5.95. The van der Waals surface area contributed by atoms with Crippen LogP contribution in [0.2, 0.25) is 0 Å². The molecule has 1 aromatic heterocycles. The molecule has 2 N–H and O–H groups in total. The third-order valence-electron chi connectivity index (χ3n) is 4.27. The summed E-state index contributed by atoms with van der Waals surface area (Å²) in [5, 5.41) is 12.2. The molecule has 0 aliphatic heterocycles. The summed E-state index contributed by atoms with van der Waals surface area (Å²) < 4.78 is 1.83. The molecule has 1 heterocycles. The molecule has 0 saturated heterocycles. The fourth-order valence-electron chi connectivity index (χ4n) is 2.72. The monoisotopic (exact) mass is 349 g/mol. The van der Waals surface area contributed by atoms with E-state index in [1.165, 1.54) is 0 Å². The molecular formula is C20H19N3O3. The molecule has 2 atom stereocenters. The van der Waals surface area contributed by atoms with Crippen LogP contribution in [0.25, 0.3) is 5.69 Å². The van der Waals surface area contributed by atoms with Crippen molar-refractivity contribution in [3.05, 3.63) is 84.4 Å². The van der Waals surface area contributed by atoms with Crippen LogP contribution in [-0.2, 0) is 4.79 Å². The van der Waals surface area contributed by atoms with Gasteiger partial charge in [-0.2, -0.15) is 0 Å². The molecule has 3 aromatic rings. The van der Waals surface area contributed by atoms with Gasteiger partial charge in [0, 0.05) is 23.6 Å². The maximum Gasteiger partial charge on any atom is 0.308 e. The van der Waals surface area contributed by atoms with Crippen molar-refractivity contribution < 1.29 is 14.7 Å². The van der Waals surface area contributed by atoms with Gasteiger partial charge in [-0.25, -0.2) is 4.98 Å². The summed E-state index contributed by atoms with van der Waals surface area (Å²) in [6.45, 7) is 1.59. The Hall–Kier alpha value is -3.41. The van der Waals surface area contributed by atoms with Crippen LogP contribution >= 0.6 is 0 Å². The molecule has 0 unspecified atom stereocenters. The van der Waals surface area contributed by atoms with Crippen molar-refractivity contribution in [1.29, 1.82) is 0 Å². The minimum absolute atomic E-state index is 0.316. The average Bonchev–Trinajstić information content (AvgIpc) is 3.21. The Morgan fingerprint density at radius 3 is 2.35 bits per heavy atom. The Morgan fingerprint density at radius 1 is 1.08 bits per heavy atom. The zero-order chi connectivity index (χ0) is 18.5. The summed E-state index contributed by atoms with van der Waals surface area (Å²) in [4.78, 5) is 28.1. The van der Waals surface area contributed by atoms with Crippen LogP contribution in [0.4, 0.5) is 0 Å². The summed E-state index contributed by atoms with van der Waals surface area (Å²) in [7, 11) is 0. The molecule has 0 saturated carbocycles. The number of carboxylic acid groups (broad SMARTS) is 1. The van der Waals surface area contributed by atoms with Gasteiger partial charge >= 0.3 is 5.97 Å². The third kappa shape index (κ3) is 3.80. The van der Waals surface area contributed by atoms with Crippen LogP contribution in [-0.4, -0.2) is 26.5 Å². The summed E-state index contributed by atoms with van der Waals surface area (Å²) in [5.74, 6) is -2.04. The van der Waals surface area contributed by atoms with E-state index in [0.29, 0.717) is 5.56 Å². The van der Waals surface area contributed by atoms with E-state index in [2.05, 4.69) is 10.3 Å². The number of carbonyl (C=O) groups excluding carboxylic acids is 1. The van der Waals surface area contributed by atoms with Gasteiger partial charge in [-0.15, -0.1) is 0 Å². The zero-order valence-corrected chi connectivity index (χ0v) is 14.2. The second-order valence-electron chi connectivity index (χ2n) is 6.01. The molecule has 0 bridgehead atoms. The van der Waals surface area contributed by atoms with Crippen molar-refractivity contribution in [2.24, 2.45) is 5.92 Å². The van der Waals surface area contributed by atoms with E-state index in [4.69, 9.17) is 0 Å². The predicted molar refractivity (Wildman–Crippen MR) is 97.0 cm³/mol. The SMILES string of the molecule is C[C@H](C(=O)O)[C@@H](NC(=O)c1ccc(-n2ccnc2)cc1)c1ccccc1. The van der Waals surface area contributed by atoms with Gasteiger partial charge in [0.25, 0.3) is 5.91 Å². The van der Waals surface area contributed by atoms with Gasteiger partial charge in [0.15, 0.2) is 0 Å². The number of imidazole rings is 1. The lowest BCUT2D eigenvalue weighted by Gasteiger charge is -2.23. The standard InChI is InChI=1S/C20H19N3O3/c1-14(20(25)26)18(15-5-3-2-4-6-15)22-19(24)16-7-9-17(10-8-16)23-12-11-21-13-23/h2-14,18H,1H3,(H,22,24)(H,25,26)/t14-,18+/m0/s1. The molecular weight excluding hydrogens is 330 g/mol. The Labute approximate surface area is 151 Å². The average molecular weight is 349 g/mol. The van der Waals surface area contributed by atoms with Crippen molar-refractivity contribution in [1.82, 2.24) is 14.9 Å². The molecule has 0 fully saturated rings. The van der Waals surface area contributed by atoms with E-state index in [1.807, 2.05) is 53.2 Å². The molecule has 0 radical (unpaired) electrons. The molecule has 26 heavy (non-hydrogen) atoms. The number of aromatic nitrogens is 2. The van der Waals surface area contributed by atoms with Crippen molar-refractivity contribution in [3.8, 4) is 5.69 Å². The topological polar surface area (TPSA) is 84.2 Å². The van der Waals surface area contributed by atoms with E-state index < -0.39 is 17.9 Å². The molecule has 6 nitrogen and oxygen atoms in total. The molecule has 0 aliphatic carbocycles. The van der Waals surface area contributed by atoms with Crippen LogP contribution < -0.4 is 5.32 Å². The molecule has 0 aliphatic rings.